The zero-order chi connectivity index (χ0) is 13.0. The molecule has 102 valence electrons. The minimum Gasteiger partial charge on any atom is -0.327 e. The van der Waals surface area contributed by atoms with Crippen molar-refractivity contribution in [1.82, 2.24) is 9.78 Å². The molecule has 1 unspecified atom stereocenters. The monoisotopic (exact) mass is 249 g/mol. The third kappa shape index (κ3) is 3.84. The lowest BCUT2D eigenvalue weighted by atomic mass is 9.96. The van der Waals surface area contributed by atoms with Gasteiger partial charge in [0, 0.05) is 18.7 Å². The molecule has 1 aromatic heterocycles. The number of nitrogens with two attached hydrogens (primary N) is 1. The highest BCUT2D eigenvalue weighted by atomic mass is 15.3. The summed E-state index contributed by atoms with van der Waals surface area (Å²) in [4.78, 5) is 0. The Morgan fingerprint density at radius 3 is 2.72 bits per heavy atom. The first-order valence-corrected chi connectivity index (χ1v) is 7.44. The Labute approximate surface area is 111 Å². The first-order valence-electron chi connectivity index (χ1n) is 7.44. The van der Waals surface area contributed by atoms with Crippen LogP contribution in [0.4, 0.5) is 0 Å². The lowest BCUT2D eigenvalue weighted by Crippen LogP contribution is -2.25. The van der Waals surface area contributed by atoms with E-state index in [-0.39, 0.29) is 6.04 Å². The molecule has 1 saturated carbocycles. The van der Waals surface area contributed by atoms with Gasteiger partial charge in [0.05, 0.1) is 11.7 Å². The van der Waals surface area contributed by atoms with Gasteiger partial charge in [-0.05, 0) is 31.2 Å². The molecule has 1 aromatic rings. The van der Waals surface area contributed by atoms with Crippen LogP contribution in [0.1, 0.15) is 64.1 Å². The minimum absolute atomic E-state index is 0.250. The van der Waals surface area contributed by atoms with E-state index in [2.05, 4.69) is 30.8 Å². The fraction of sp³-hybridized carbons (Fsp3) is 0.800. The van der Waals surface area contributed by atoms with Crippen molar-refractivity contribution in [3.05, 3.63) is 18.0 Å². The molecule has 2 rings (SSSR count). The summed E-state index contributed by atoms with van der Waals surface area (Å²) in [5.41, 5.74) is 7.31. The van der Waals surface area contributed by atoms with Crippen molar-refractivity contribution in [3.8, 4) is 0 Å². The summed E-state index contributed by atoms with van der Waals surface area (Å²) in [6.07, 6.45) is 10.8. The number of rotatable bonds is 5. The summed E-state index contributed by atoms with van der Waals surface area (Å²) in [7, 11) is 0. The van der Waals surface area contributed by atoms with Gasteiger partial charge in [-0.3, -0.25) is 4.68 Å². The van der Waals surface area contributed by atoms with E-state index in [1.54, 1.807) is 0 Å². The van der Waals surface area contributed by atoms with Crippen molar-refractivity contribution in [2.24, 2.45) is 11.7 Å². The third-order valence-corrected chi connectivity index (χ3v) is 3.86. The Hall–Kier alpha value is -0.830. The molecule has 1 heterocycles. The topological polar surface area (TPSA) is 43.8 Å². The zero-order valence-electron chi connectivity index (χ0n) is 11.8. The summed E-state index contributed by atoms with van der Waals surface area (Å²) >= 11 is 0. The number of nitrogens with zero attached hydrogens (tertiary/aromatic N) is 2. The SMILES string of the molecule is CC(C)CC(N)Cc1ccn(C2CCCCC2)n1. The van der Waals surface area contributed by atoms with Gasteiger partial charge >= 0.3 is 0 Å². The van der Waals surface area contributed by atoms with Crippen LogP contribution in [-0.2, 0) is 6.42 Å². The van der Waals surface area contributed by atoms with Crippen molar-refractivity contribution < 1.29 is 0 Å². The fourth-order valence-corrected chi connectivity index (χ4v) is 2.99. The Morgan fingerprint density at radius 2 is 2.06 bits per heavy atom. The summed E-state index contributed by atoms with van der Waals surface area (Å²) < 4.78 is 2.18. The maximum absolute atomic E-state index is 6.15. The van der Waals surface area contributed by atoms with E-state index in [4.69, 9.17) is 10.8 Å². The molecule has 0 spiro atoms. The number of aromatic nitrogens is 2. The van der Waals surface area contributed by atoms with Gasteiger partial charge in [-0.15, -0.1) is 0 Å². The smallest absolute Gasteiger partial charge is 0.0640 e. The zero-order valence-corrected chi connectivity index (χ0v) is 11.8. The van der Waals surface area contributed by atoms with E-state index in [1.165, 1.54) is 32.1 Å². The molecule has 3 heteroatoms. The van der Waals surface area contributed by atoms with Crippen molar-refractivity contribution in [2.75, 3.05) is 0 Å². The van der Waals surface area contributed by atoms with Crippen molar-refractivity contribution >= 4 is 0 Å². The number of hydrogen-bond acceptors (Lipinski definition) is 2. The summed E-state index contributed by atoms with van der Waals surface area (Å²) in [6, 6.07) is 3.03. The molecule has 18 heavy (non-hydrogen) atoms. The van der Waals surface area contributed by atoms with Crippen LogP contribution < -0.4 is 5.73 Å². The lowest BCUT2D eigenvalue weighted by molar-refractivity contribution is 0.327. The van der Waals surface area contributed by atoms with Crippen LogP contribution >= 0.6 is 0 Å². The highest BCUT2D eigenvalue weighted by Crippen LogP contribution is 2.27. The van der Waals surface area contributed by atoms with Crippen LogP contribution in [0.2, 0.25) is 0 Å². The number of hydrogen-bond donors (Lipinski definition) is 1. The van der Waals surface area contributed by atoms with Gasteiger partial charge < -0.3 is 5.73 Å². The van der Waals surface area contributed by atoms with Gasteiger partial charge in [0.2, 0.25) is 0 Å². The van der Waals surface area contributed by atoms with E-state index in [1.807, 2.05) is 0 Å². The van der Waals surface area contributed by atoms with Crippen LogP contribution in [0, 0.1) is 5.92 Å². The average molecular weight is 249 g/mol. The molecular formula is C15H27N3. The van der Waals surface area contributed by atoms with Gasteiger partial charge in [0.1, 0.15) is 0 Å². The Kier molecular flexibility index (Phi) is 4.81. The van der Waals surface area contributed by atoms with Crippen LogP contribution in [0.3, 0.4) is 0 Å². The van der Waals surface area contributed by atoms with E-state index in [0.717, 1.165) is 18.5 Å². The molecule has 1 aliphatic rings. The van der Waals surface area contributed by atoms with Crippen LogP contribution in [0.5, 0.6) is 0 Å². The summed E-state index contributed by atoms with van der Waals surface area (Å²) in [5.74, 6) is 0.667. The summed E-state index contributed by atoms with van der Waals surface area (Å²) in [5, 5.41) is 4.72. The first kappa shape index (κ1) is 13.6. The van der Waals surface area contributed by atoms with Gasteiger partial charge in [-0.2, -0.15) is 5.10 Å². The van der Waals surface area contributed by atoms with Gasteiger partial charge in [0.25, 0.3) is 0 Å². The van der Waals surface area contributed by atoms with Gasteiger partial charge in [0.15, 0.2) is 0 Å². The van der Waals surface area contributed by atoms with E-state index in [9.17, 15) is 0 Å². The van der Waals surface area contributed by atoms with Crippen LogP contribution in [0.25, 0.3) is 0 Å². The second-order valence-corrected chi connectivity index (χ2v) is 6.17. The summed E-state index contributed by atoms with van der Waals surface area (Å²) in [6.45, 7) is 4.45. The maximum atomic E-state index is 6.15. The van der Waals surface area contributed by atoms with Gasteiger partial charge in [-0.25, -0.2) is 0 Å². The minimum atomic E-state index is 0.250. The molecule has 0 radical (unpaired) electrons. The molecule has 0 bridgehead atoms. The Bertz CT molecular complexity index is 350. The second kappa shape index (κ2) is 6.37. The second-order valence-electron chi connectivity index (χ2n) is 6.17. The van der Waals surface area contributed by atoms with E-state index in [0.29, 0.717) is 12.0 Å². The Balaban J connectivity index is 1.89. The van der Waals surface area contributed by atoms with Gasteiger partial charge in [-0.1, -0.05) is 33.1 Å². The highest BCUT2D eigenvalue weighted by Gasteiger charge is 2.16. The molecule has 1 aliphatic carbocycles. The quantitative estimate of drug-likeness (QED) is 0.870. The van der Waals surface area contributed by atoms with Crippen molar-refractivity contribution in [1.29, 1.82) is 0 Å². The van der Waals surface area contributed by atoms with Crippen LogP contribution in [0.15, 0.2) is 12.3 Å². The molecule has 0 amide bonds. The Morgan fingerprint density at radius 1 is 1.33 bits per heavy atom. The lowest BCUT2D eigenvalue weighted by Gasteiger charge is -2.21. The largest absolute Gasteiger partial charge is 0.327 e. The van der Waals surface area contributed by atoms with Crippen LogP contribution in [-0.4, -0.2) is 15.8 Å². The molecule has 0 saturated heterocycles. The molecule has 2 N–H and O–H groups in total. The molecule has 0 aromatic carbocycles. The molecular weight excluding hydrogens is 222 g/mol. The highest BCUT2D eigenvalue weighted by molar-refractivity contribution is 5.02. The predicted octanol–water partition coefficient (Wildman–Crippen LogP) is 3.30. The average Bonchev–Trinajstić information content (AvgIpc) is 2.77. The standard InChI is InChI=1S/C15H27N3/c1-12(2)10-13(16)11-14-8-9-18(17-14)15-6-4-3-5-7-15/h8-9,12-13,15H,3-7,10-11,16H2,1-2H3. The molecule has 1 fully saturated rings. The fourth-order valence-electron chi connectivity index (χ4n) is 2.99. The van der Waals surface area contributed by atoms with E-state index >= 15 is 0 Å². The van der Waals surface area contributed by atoms with Crippen molar-refractivity contribution in [3.63, 3.8) is 0 Å². The molecule has 0 aliphatic heterocycles. The first-order chi connectivity index (χ1) is 8.65. The normalized spacial score (nSPS) is 19.3. The maximum Gasteiger partial charge on any atom is 0.0640 e. The molecule has 1 atom stereocenters. The molecule has 3 nitrogen and oxygen atoms in total. The van der Waals surface area contributed by atoms with Crippen molar-refractivity contribution in [2.45, 2.75) is 70.9 Å². The predicted molar refractivity (Wildman–Crippen MR) is 75.5 cm³/mol. The third-order valence-electron chi connectivity index (χ3n) is 3.86. The van der Waals surface area contributed by atoms with E-state index < -0.39 is 0 Å².